The van der Waals surface area contributed by atoms with E-state index in [1.54, 1.807) is 0 Å². The number of hydrogen-bond donors (Lipinski definition) is 1. The van der Waals surface area contributed by atoms with Crippen molar-refractivity contribution in [3.05, 3.63) is 6.33 Å². The van der Waals surface area contributed by atoms with Gasteiger partial charge >= 0.3 is 0 Å². The van der Waals surface area contributed by atoms with Crippen LogP contribution in [0.2, 0.25) is 0 Å². The van der Waals surface area contributed by atoms with Gasteiger partial charge in [0.2, 0.25) is 5.95 Å². The van der Waals surface area contributed by atoms with Gasteiger partial charge in [0, 0.05) is 0 Å². The van der Waals surface area contributed by atoms with E-state index in [9.17, 15) is 4.39 Å². The predicted octanol–water partition coefficient (Wildman–Crippen LogP) is 0.608. The van der Waals surface area contributed by atoms with Crippen molar-refractivity contribution in [2.45, 2.75) is 26.1 Å². The highest BCUT2D eigenvalue weighted by atomic mass is 19.1. The minimum Gasteiger partial charge on any atom is -0.367 e. The van der Waals surface area contributed by atoms with E-state index in [4.69, 9.17) is 5.73 Å². The van der Waals surface area contributed by atoms with Crippen molar-refractivity contribution in [2.24, 2.45) is 0 Å². The van der Waals surface area contributed by atoms with Gasteiger partial charge in [-0.1, -0.05) is 0 Å². The van der Waals surface area contributed by atoms with Gasteiger partial charge in [-0.2, -0.15) is 0 Å². The zero-order valence-corrected chi connectivity index (χ0v) is 6.58. The Labute approximate surface area is 64.2 Å². The second-order valence-electron chi connectivity index (χ2n) is 3.02. The van der Waals surface area contributed by atoms with Gasteiger partial charge in [0.25, 0.3) is 0 Å². The molecular weight excluding hydrogens is 147 g/mol. The maximum atomic E-state index is 13.0. The van der Waals surface area contributed by atoms with E-state index in [0.717, 1.165) is 0 Å². The number of nitrogen functional groups attached to an aromatic ring is 1. The third kappa shape index (κ3) is 2.53. The van der Waals surface area contributed by atoms with E-state index >= 15 is 0 Å². The van der Waals surface area contributed by atoms with E-state index in [-0.39, 0.29) is 12.5 Å². The number of aromatic nitrogens is 3. The lowest BCUT2D eigenvalue weighted by molar-refractivity contribution is 0.179. The summed E-state index contributed by atoms with van der Waals surface area (Å²) in [6.45, 7) is 3.13. The van der Waals surface area contributed by atoms with Crippen LogP contribution in [0.5, 0.6) is 0 Å². The molecule has 0 aliphatic heterocycles. The molecule has 0 fully saturated rings. The molecule has 0 aliphatic rings. The van der Waals surface area contributed by atoms with Gasteiger partial charge in [-0.15, -0.1) is 5.10 Å². The quantitative estimate of drug-likeness (QED) is 0.686. The number of nitrogens with zero attached hydrogens (tertiary/aromatic N) is 3. The molecule has 0 saturated carbocycles. The van der Waals surface area contributed by atoms with Crippen LogP contribution in [0, 0.1) is 0 Å². The zero-order valence-electron chi connectivity index (χ0n) is 6.58. The molecule has 0 bridgehead atoms. The Bertz CT molecular complexity index is 237. The summed E-state index contributed by atoms with van der Waals surface area (Å²) in [5.74, 6) is 0.175. The number of anilines is 1. The molecule has 11 heavy (non-hydrogen) atoms. The monoisotopic (exact) mass is 158 g/mol. The fourth-order valence-corrected chi connectivity index (χ4v) is 0.770. The SMILES string of the molecule is CC(C)(F)Cn1cnc(N)n1. The third-order valence-electron chi connectivity index (χ3n) is 1.09. The maximum Gasteiger partial charge on any atom is 0.239 e. The highest BCUT2D eigenvalue weighted by molar-refractivity contribution is 5.09. The molecule has 1 heterocycles. The van der Waals surface area contributed by atoms with Crippen molar-refractivity contribution >= 4 is 5.95 Å². The van der Waals surface area contributed by atoms with Crippen molar-refractivity contribution in [1.82, 2.24) is 14.8 Å². The summed E-state index contributed by atoms with van der Waals surface area (Å²) in [6, 6.07) is 0. The first-order valence-electron chi connectivity index (χ1n) is 3.31. The second kappa shape index (κ2) is 2.48. The number of hydrogen-bond acceptors (Lipinski definition) is 3. The lowest BCUT2D eigenvalue weighted by Crippen LogP contribution is -2.21. The number of rotatable bonds is 2. The molecule has 0 aromatic carbocycles. The topological polar surface area (TPSA) is 56.7 Å². The Morgan fingerprint density at radius 2 is 2.36 bits per heavy atom. The molecule has 1 aromatic rings. The molecule has 4 nitrogen and oxygen atoms in total. The van der Waals surface area contributed by atoms with Crippen LogP contribution in [0.4, 0.5) is 10.3 Å². The minimum atomic E-state index is -1.28. The Morgan fingerprint density at radius 1 is 1.73 bits per heavy atom. The molecule has 62 valence electrons. The lowest BCUT2D eigenvalue weighted by atomic mass is 10.2. The Hall–Kier alpha value is -1.13. The summed E-state index contributed by atoms with van der Waals surface area (Å²) in [4.78, 5) is 3.66. The van der Waals surface area contributed by atoms with E-state index in [1.807, 2.05) is 0 Å². The van der Waals surface area contributed by atoms with Gasteiger partial charge in [-0.25, -0.2) is 14.1 Å². The van der Waals surface area contributed by atoms with E-state index in [1.165, 1.54) is 24.9 Å². The molecule has 1 aromatic heterocycles. The van der Waals surface area contributed by atoms with Crippen LogP contribution in [0.1, 0.15) is 13.8 Å². The third-order valence-corrected chi connectivity index (χ3v) is 1.09. The summed E-state index contributed by atoms with van der Waals surface area (Å²) >= 11 is 0. The van der Waals surface area contributed by atoms with Crippen LogP contribution in [0.15, 0.2) is 6.33 Å². The van der Waals surface area contributed by atoms with Crippen molar-refractivity contribution in [2.75, 3.05) is 5.73 Å². The van der Waals surface area contributed by atoms with Crippen LogP contribution in [-0.2, 0) is 6.54 Å². The van der Waals surface area contributed by atoms with Crippen LogP contribution in [-0.4, -0.2) is 20.4 Å². The largest absolute Gasteiger partial charge is 0.367 e. The summed E-state index contributed by atoms with van der Waals surface area (Å²) in [6.07, 6.45) is 1.41. The molecule has 0 saturated heterocycles. The van der Waals surface area contributed by atoms with E-state index in [0.29, 0.717) is 0 Å². The van der Waals surface area contributed by atoms with Gasteiger partial charge in [0.1, 0.15) is 12.0 Å². The Kier molecular flexibility index (Phi) is 1.80. The van der Waals surface area contributed by atoms with Crippen molar-refractivity contribution in [1.29, 1.82) is 0 Å². The minimum absolute atomic E-state index is 0.175. The average Bonchev–Trinajstić information content (AvgIpc) is 2.10. The maximum absolute atomic E-state index is 13.0. The number of nitrogens with two attached hydrogens (primary N) is 1. The summed E-state index contributed by atoms with van der Waals surface area (Å²) < 4.78 is 14.3. The fourth-order valence-electron chi connectivity index (χ4n) is 0.770. The number of halogens is 1. The first kappa shape index (κ1) is 7.97. The first-order valence-corrected chi connectivity index (χ1v) is 3.31. The van der Waals surface area contributed by atoms with Crippen LogP contribution < -0.4 is 5.73 Å². The average molecular weight is 158 g/mol. The molecule has 0 atom stereocenters. The van der Waals surface area contributed by atoms with Crippen LogP contribution in [0.3, 0.4) is 0 Å². The van der Waals surface area contributed by atoms with E-state index < -0.39 is 5.67 Å². The van der Waals surface area contributed by atoms with Crippen LogP contribution >= 0.6 is 0 Å². The Balaban J connectivity index is 2.65. The Morgan fingerprint density at radius 3 is 2.73 bits per heavy atom. The summed E-state index contributed by atoms with van der Waals surface area (Å²) in [5, 5.41) is 3.74. The summed E-state index contributed by atoms with van der Waals surface area (Å²) in [7, 11) is 0. The smallest absolute Gasteiger partial charge is 0.239 e. The molecule has 0 spiro atoms. The van der Waals surface area contributed by atoms with Gasteiger partial charge in [0.15, 0.2) is 0 Å². The van der Waals surface area contributed by atoms with Gasteiger partial charge in [-0.05, 0) is 13.8 Å². The normalized spacial score (nSPS) is 11.9. The van der Waals surface area contributed by atoms with Gasteiger partial charge in [-0.3, -0.25) is 0 Å². The van der Waals surface area contributed by atoms with Gasteiger partial charge < -0.3 is 5.73 Å². The highest BCUT2D eigenvalue weighted by Gasteiger charge is 2.16. The molecule has 0 aliphatic carbocycles. The van der Waals surface area contributed by atoms with Crippen molar-refractivity contribution in [3.8, 4) is 0 Å². The van der Waals surface area contributed by atoms with Gasteiger partial charge in [0.05, 0.1) is 6.54 Å². The fraction of sp³-hybridized carbons (Fsp3) is 0.667. The van der Waals surface area contributed by atoms with E-state index in [2.05, 4.69) is 10.1 Å². The molecule has 2 N–H and O–H groups in total. The molecule has 0 radical (unpaired) electrons. The van der Waals surface area contributed by atoms with Crippen molar-refractivity contribution < 1.29 is 4.39 Å². The predicted molar refractivity (Wildman–Crippen MR) is 39.6 cm³/mol. The summed E-state index contributed by atoms with van der Waals surface area (Å²) in [5.41, 5.74) is 3.95. The zero-order chi connectivity index (χ0) is 8.48. The standard InChI is InChI=1S/C6H11FN4/c1-6(2,7)3-11-4-9-5(8)10-11/h4H,3H2,1-2H3,(H2,8,10). The first-order chi connectivity index (χ1) is 4.97. The number of alkyl halides is 1. The second-order valence-corrected chi connectivity index (χ2v) is 3.02. The molecule has 0 amide bonds. The molecule has 5 heteroatoms. The van der Waals surface area contributed by atoms with Crippen LogP contribution in [0.25, 0.3) is 0 Å². The van der Waals surface area contributed by atoms with Crippen molar-refractivity contribution in [3.63, 3.8) is 0 Å². The molecule has 1 rings (SSSR count). The highest BCUT2D eigenvalue weighted by Crippen LogP contribution is 2.10. The lowest BCUT2D eigenvalue weighted by Gasteiger charge is -2.12. The molecular formula is C6H11FN4. The molecule has 0 unspecified atom stereocenters.